The molecule has 1 aromatic carbocycles. The summed E-state index contributed by atoms with van der Waals surface area (Å²) in [6, 6.07) is 6.53. The highest BCUT2D eigenvalue weighted by Gasteiger charge is 2.30. The van der Waals surface area contributed by atoms with Crippen LogP contribution in [0, 0.1) is 0 Å². The van der Waals surface area contributed by atoms with Crippen LogP contribution in [0.1, 0.15) is 16.8 Å². The molecule has 102 valence electrons. The molecule has 0 N–H and O–H groups in total. The number of cyclic esters (lactones) is 1. The van der Waals surface area contributed by atoms with Crippen molar-refractivity contribution in [3.8, 4) is 5.69 Å². The third-order valence-electron chi connectivity index (χ3n) is 2.85. The molecule has 8 nitrogen and oxygen atoms in total. The van der Waals surface area contributed by atoms with Crippen molar-refractivity contribution in [3.63, 3.8) is 0 Å². The van der Waals surface area contributed by atoms with Crippen molar-refractivity contribution in [2.45, 2.75) is 12.5 Å². The van der Waals surface area contributed by atoms with Gasteiger partial charge in [0.15, 0.2) is 0 Å². The van der Waals surface area contributed by atoms with Crippen LogP contribution in [0.25, 0.3) is 5.69 Å². The Hall–Kier alpha value is -2.77. The molecule has 1 aromatic heterocycles. The number of hydrogen-bond acceptors (Lipinski definition) is 7. The van der Waals surface area contributed by atoms with Crippen molar-refractivity contribution in [1.82, 2.24) is 20.2 Å². The minimum absolute atomic E-state index is 0.287. The molecule has 8 heteroatoms. The number of aromatic nitrogens is 4. The molecule has 0 saturated carbocycles. The number of tetrazole rings is 1. The summed E-state index contributed by atoms with van der Waals surface area (Å²) >= 11 is 0. The fraction of sp³-hybridized carbons (Fsp3) is 0.250. The van der Waals surface area contributed by atoms with E-state index in [2.05, 4.69) is 15.5 Å². The van der Waals surface area contributed by atoms with E-state index in [0.717, 1.165) is 0 Å². The summed E-state index contributed by atoms with van der Waals surface area (Å²) in [5, 5.41) is 10.8. The highest BCUT2D eigenvalue weighted by molar-refractivity contribution is 5.91. The van der Waals surface area contributed by atoms with Crippen LogP contribution >= 0.6 is 0 Å². The lowest BCUT2D eigenvalue weighted by molar-refractivity contribution is -0.145. The quantitative estimate of drug-likeness (QED) is 0.734. The molecule has 3 rings (SSSR count). The minimum Gasteiger partial charge on any atom is -0.463 e. The van der Waals surface area contributed by atoms with Gasteiger partial charge < -0.3 is 9.47 Å². The molecular formula is C12H10N4O4. The van der Waals surface area contributed by atoms with Gasteiger partial charge in [0.2, 0.25) is 6.10 Å². The smallest absolute Gasteiger partial charge is 0.347 e. The summed E-state index contributed by atoms with van der Waals surface area (Å²) < 4.78 is 11.3. The van der Waals surface area contributed by atoms with Crippen molar-refractivity contribution in [1.29, 1.82) is 0 Å². The summed E-state index contributed by atoms with van der Waals surface area (Å²) in [5.41, 5.74) is 1.06. The number of benzene rings is 1. The summed E-state index contributed by atoms with van der Waals surface area (Å²) in [5.74, 6) is -1.05. The van der Waals surface area contributed by atoms with E-state index in [0.29, 0.717) is 17.7 Å². The molecule has 20 heavy (non-hydrogen) atoms. The van der Waals surface area contributed by atoms with Crippen LogP contribution in [0.5, 0.6) is 0 Å². The first-order valence-corrected chi connectivity index (χ1v) is 5.95. The van der Waals surface area contributed by atoms with Crippen molar-refractivity contribution in [3.05, 3.63) is 36.2 Å². The molecule has 0 unspecified atom stereocenters. The molecule has 1 aliphatic heterocycles. The Morgan fingerprint density at radius 2 is 2.15 bits per heavy atom. The molecule has 0 radical (unpaired) electrons. The summed E-state index contributed by atoms with van der Waals surface area (Å²) in [6.07, 6.45) is 1.04. The molecule has 2 aromatic rings. The molecule has 1 saturated heterocycles. The number of hydrogen-bond donors (Lipinski definition) is 0. The first kappa shape index (κ1) is 12.3. The molecule has 1 fully saturated rings. The van der Waals surface area contributed by atoms with Gasteiger partial charge >= 0.3 is 11.9 Å². The zero-order valence-electron chi connectivity index (χ0n) is 10.3. The third-order valence-corrected chi connectivity index (χ3v) is 2.85. The second-order valence-corrected chi connectivity index (χ2v) is 4.15. The average molecular weight is 274 g/mol. The topological polar surface area (TPSA) is 96.2 Å². The van der Waals surface area contributed by atoms with Gasteiger partial charge in [-0.15, -0.1) is 5.10 Å². The molecule has 0 bridgehead atoms. The number of carbonyl (C=O) groups is 2. The number of esters is 2. The monoisotopic (exact) mass is 274 g/mol. The van der Waals surface area contributed by atoms with Gasteiger partial charge in [-0.1, -0.05) is 0 Å². The standard InChI is InChI=1S/C12H10N4O4/c17-11(20-10-5-6-19-12(10)18)8-1-3-9(4-2-8)16-7-13-14-15-16/h1-4,7,10H,5-6H2/t10-/m0/s1. The Morgan fingerprint density at radius 1 is 1.35 bits per heavy atom. The van der Waals surface area contributed by atoms with Gasteiger partial charge in [-0.2, -0.15) is 0 Å². The molecule has 2 heterocycles. The van der Waals surface area contributed by atoms with Gasteiger partial charge in [0.1, 0.15) is 6.33 Å². The largest absolute Gasteiger partial charge is 0.463 e. The van der Waals surface area contributed by atoms with Crippen molar-refractivity contribution >= 4 is 11.9 Å². The lowest BCUT2D eigenvalue weighted by Crippen LogP contribution is -2.22. The zero-order chi connectivity index (χ0) is 13.9. The maximum absolute atomic E-state index is 11.9. The molecule has 0 aliphatic carbocycles. The van der Waals surface area contributed by atoms with Crippen LogP contribution in [0.2, 0.25) is 0 Å². The normalized spacial score (nSPS) is 17.8. The van der Waals surface area contributed by atoms with Crippen molar-refractivity contribution in [2.24, 2.45) is 0 Å². The summed E-state index contributed by atoms with van der Waals surface area (Å²) in [4.78, 5) is 23.1. The van der Waals surface area contributed by atoms with Crippen LogP contribution in [0.4, 0.5) is 0 Å². The van der Waals surface area contributed by atoms with E-state index in [1.165, 1.54) is 11.0 Å². The third kappa shape index (κ3) is 2.35. The lowest BCUT2D eigenvalue weighted by atomic mass is 10.2. The predicted octanol–water partition coefficient (Wildman–Crippen LogP) is 0.135. The van der Waals surface area contributed by atoms with Crippen LogP contribution in [-0.2, 0) is 14.3 Å². The average Bonchev–Trinajstić information content (AvgIpc) is 3.12. The van der Waals surface area contributed by atoms with Gasteiger partial charge in [-0.3, -0.25) is 0 Å². The fourth-order valence-corrected chi connectivity index (χ4v) is 1.81. The van der Waals surface area contributed by atoms with E-state index < -0.39 is 18.0 Å². The molecule has 0 spiro atoms. The summed E-state index contributed by atoms with van der Waals surface area (Å²) in [7, 11) is 0. The fourth-order valence-electron chi connectivity index (χ4n) is 1.81. The Bertz CT molecular complexity index is 623. The Balaban J connectivity index is 1.71. The Kier molecular flexibility index (Phi) is 3.12. The highest BCUT2D eigenvalue weighted by atomic mass is 16.6. The van der Waals surface area contributed by atoms with Crippen molar-refractivity contribution in [2.75, 3.05) is 6.61 Å². The number of rotatable bonds is 3. The van der Waals surface area contributed by atoms with Crippen LogP contribution in [0.15, 0.2) is 30.6 Å². The molecular weight excluding hydrogens is 264 g/mol. The molecule has 1 aliphatic rings. The van der Waals surface area contributed by atoms with Gasteiger partial charge in [0.05, 0.1) is 17.9 Å². The Morgan fingerprint density at radius 3 is 2.75 bits per heavy atom. The van der Waals surface area contributed by atoms with Crippen LogP contribution < -0.4 is 0 Å². The zero-order valence-corrected chi connectivity index (χ0v) is 10.3. The molecule has 0 amide bonds. The van der Waals surface area contributed by atoms with E-state index in [1.807, 2.05) is 0 Å². The van der Waals surface area contributed by atoms with Gasteiger partial charge in [0, 0.05) is 6.42 Å². The SMILES string of the molecule is O=C(O[C@H]1CCOC1=O)c1ccc(-n2cnnn2)cc1. The predicted molar refractivity (Wildman–Crippen MR) is 63.9 cm³/mol. The van der Waals surface area contributed by atoms with Crippen molar-refractivity contribution < 1.29 is 19.1 Å². The number of ether oxygens (including phenoxy) is 2. The second kappa shape index (κ2) is 5.08. The maximum Gasteiger partial charge on any atom is 0.347 e. The Labute approximate surface area is 113 Å². The second-order valence-electron chi connectivity index (χ2n) is 4.15. The molecule has 1 atom stereocenters. The minimum atomic E-state index is -0.804. The van der Waals surface area contributed by atoms with E-state index in [4.69, 9.17) is 9.47 Å². The van der Waals surface area contributed by atoms with Crippen LogP contribution in [-0.4, -0.2) is 44.9 Å². The lowest BCUT2D eigenvalue weighted by Gasteiger charge is -2.08. The first-order chi connectivity index (χ1) is 9.74. The van der Waals surface area contributed by atoms with E-state index in [9.17, 15) is 9.59 Å². The van der Waals surface area contributed by atoms with Gasteiger partial charge in [-0.25, -0.2) is 14.3 Å². The first-order valence-electron chi connectivity index (χ1n) is 5.95. The maximum atomic E-state index is 11.9. The number of carbonyl (C=O) groups excluding carboxylic acids is 2. The van der Waals surface area contributed by atoms with E-state index >= 15 is 0 Å². The summed E-state index contributed by atoms with van der Waals surface area (Å²) in [6.45, 7) is 0.287. The van der Waals surface area contributed by atoms with E-state index in [1.54, 1.807) is 24.3 Å². The van der Waals surface area contributed by atoms with E-state index in [-0.39, 0.29) is 6.61 Å². The van der Waals surface area contributed by atoms with Gasteiger partial charge in [0.25, 0.3) is 0 Å². The van der Waals surface area contributed by atoms with Gasteiger partial charge in [-0.05, 0) is 34.7 Å². The highest BCUT2D eigenvalue weighted by Crippen LogP contribution is 2.14. The number of nitrogens with zero attached hydrogens (tertiary/aromatic N) is 4. The van der Waals surface area contributed by atoms with Crippen LogP contribution in [0.3, 0.4) is 0 Å².